The van der Waals surface area contributed by atoms with Crippen molar-refractivity contribution >= 4 is 17.7 Å². The highest BCUT2D eigenvalue weighted by Gasteiger charge is 2.15. The van der Waals surface area contributed by atoms with Crippen LogP contribution in [0.1, 0.15) is 34.7 Å². The molecule has 0 radical (unpaired) electrons. The lowest BCUT2D eigenvalue weighted by Gasteiger charge is -2.12. The van der Waals surface area contributed by atoms with Crippen LogP contribution >= 0.6 is 0 Å². The summed E-state index contributed by atoms with van der Waals surface area (Å²) in [5.74, 6) is -0.434. The first kappa shape index (κ1) is 20.1. The van der Waals surface area contributed by atoms with Gasteiger partial charge in [-0.25, -0.2) is 0 Å². The SMILES string of the molecule is CCc1ccc(-c2[nH]ncc2C=C(C#N)C(=O)Nc2c(C)cc(C)cc2C)cc1. The molecule has 146 valence electrons. The summed E-state index contributed by atoms with van der Waals surface area (Å²) < 4.78 is 0. The van der Waals surface area contributed by atoms with Crippen molar-refractivity contribution in [3.05, 3.63) is 76.0 Å². The van der Waals surface area contributed by atoms with Crippen LogP contribution in [0.15, 0.2) is 48.2 Å². The monoisotopic (exact) mass is 384 g/mol. The van der Waals surface area contributed by atoms with Gasteiger partial charge < -0.3 is 5.32 Å². The van der Waals surface area contributed by atoms with Crippen molar-refractivity contribution in [1.29, 1.82) is 5.26 Å². The van der Waals surface area contributed by atoms with E-state index in [-0.39, 0.29) is 5.57 Å². The van der Waals surface area contributed by atoms with Gasteiger partial charge in [0, 0.05) is 16.8 Å². The zero-order valence-electron chi connectivity index (χ0n) is 17.1. The molecule has 3 rings (SSSR count). The summed E-state index contributed by atoms with van der Waals surface area (Å²) in [4.78, 5) is 12.8. The molecular weight excluding hydrogens is 360 g/mol. The van der Waals surface area contributed by atoms with Crippen molar-refractivity contribution in [3.8, 4) is 17.3 Å². The highest BCUT2D eigenvalue weighted by molar-refractivity contribution is 6.10. The van der Waals surface area contributed by atoms with Crippen LogP contribution in [0.4, 0.5) is 5.69 Å². The van der Waals surface area contributed by atoms with Gasteiger partial charge in [0.2, 0.25) is 0 Å². The van der Waals surface area contributed by atoms with E-state index < -0.39 is 5.91 Å². The van der Waals surface area contributed by atoms with Crippen LogP contribution in [0.5, 0.6) is 0 Å². The van der Waals surface area contributed by atoms with Gasteiger partial charge in [-0.15, -0.1) is 0 Å². The van der Waals surface area contributed by atoms with Crippen LogP contribution in [0.25, 0.3) is 17.3 Å². The molecule has 0 fully saturated rings. The maximum atomic E-state index is 12.8. The minimum absolute atomic E-state index is 0.0252. The molecule has 1 aromatic heterocycles. The van der Waals surface area contributed by atoms with Crippen LogP contribution in [-0.4, -0.2) is 16.1 Å². The summed E-state index contributed by atoms with van der Waals surface area (Å²) in [5.41, 5.74) is 7.49. The Morgan fingerprint density at radius 2 is 1.83 bits per heavy atom. The van der Waals surface area contributed by atoms with Gasteiger partial charge >= 0.3 is 0 Å². The number of amides is 1. The fourth-order valence-corrected chi connectivity index (χ4v) is 3.41. The second-order valence-electron chi connectivity index (χ2n) is 7.15. The summed E-state index contributed by atoms with van der Waals surface area (Å²) in [6.45, 7) is 8.01. The molecule has 5 heteroatoms. The minimum Gasteiger partial charge on any atom is -0.321 e. The largest absolute Gasteiger partial charge is 0.321 e. The number of nitriles is 1. The van der Waals surface area contributed by atoms with Gasteiger partial charge in [0.25, 0.3) is 5.91 Å². The van der Waals surface area contributed by atoms with E-state index in [0.717, 1.165) is 40.1 Å². The number of benzene rings is 2. The van der Waals surface area contributed by atoms with Crippen molar-refractivity contribution in [2.24, 2.45) is 0 Å². The zero-order valence-corrected chi connectivity index (χ0v) is 17.1. The molecule has 0 saturated carbocycles. The van der Waals surface area contributed by atoms with Crippen LogP contribution in [0, 0.1) is 32.1 Å². The Morgan fingerprint density at radius 1 is 1.17 bits per heavy atom. The molecule has 2 aromatic carbocycles. The molecule has 29 heavy (non-hydrogen) atoms. The fourth-order valence-electron chi connectivity index (χ4n) is 3.41. The molecule has 1 amide bonds. The van der Waals surface area contributed by atoms with E-state index in [1.165, 1.54) is 5.56 Å². The standard InChI is InChI=1S/C24H24N4O/c1-5-18-6-8-19(9-7-18)23-21(14-26-28-23)12-20(13-25)24(29)27-22-16(3)10-15(2)11-17(22)4/h6-12,14H,5H2,1-4H3,(H,26,28)(H,27,29). The Morgan fingerprint density at radius 3 is 2.41 bits per heavy atom. The van der Waals surface area contributed by atoms with Gasteiger partial charge in [-0.05, 0) is 50.0 Å². The zero-order chi connectivity index (χ0) is 21.0. The molecule has 3 aromatic rings. The number of carbonyl (C=O) groups is 1. The molecule has 0 aliphatic heterocycles. The van der Waals surface area contributed by atoms with E-state index in [0.29, 0.717) is 5.56 Å². The highest BCUT2D eigenvalue weighted by atomic mass is 16.1. The predicted octanol–water partition coefficient (Wildman–Crippen LogP) is 5.11. The molecule has 0 atom stereocenters. The first-order chi connectivity index (χ1) is 13.9. The summed E-state index contributed by atoms with van der Waals surface area (Å²) >= 11 is 0. The van der Waals surface area contributed by atoms with E-state index in [9.17, 15) is 10.1 Å². The second-order valence-corrected chi connectivity index (χ2v) is 7.15. The number of aromatic nitrogens is 2. The topological polar surface area (TPSA) is 81.6 Å². The minimum atomic E-state index is -0.434. The third kappa shape index (κ3) is 4.44. The Balaban J connectivity index is 1.90. The molecule has 0 unspecified atom stereocenters. The second kappa shape index (κ2) is 8.57. The van der Waals surface area contributed by atoms with Crippen molar-refractivity contribution < 1.29 is 4.79 Å². The van der Waals surface area contributed by atoms with Crippen molar-refractivity contribution in [2.45, 2.75) is 34.1 Å². The van der Waals surface area contributed by atoms with Gasteiger partial charge in [0.1, 0.15) is 11.6 Å². The molecule has 0 saturated heterocycles. The number of hydrogen-bond acceptors (Lipinski definition) is 3. The number of nitrogens with one attached hydrogen (secondary N) is 2. The van der Waals surface area contributed by atoms with Gasteiger partial charge in [-0.3, -0.25) is 9.89 Å². The van der Waals surface area contributed by atoms with Crippen molar-refractivity contribution in [3.63, 3.8) is 0 Å². The van der Waals surface area contributed by atoms with Crippen LogP contribution in [0.2, 0.25) is 0 Å². The normalized spacial score (nSPS) is 11.2. The summed E-state index contributed by atoms with van der Waals surface area (Å²) in [6, 6.07) is 14.2. The van der Waals surface area contributed by atoms with E-state index >= 15 is 0 Å². The number of anilines is 1. The van der Waals surface area contributed by atoms with Crippen LogP contribution < -0.4 is 5.32 Å². The maximum absolute atomic E-state index is 12.8. The predicted molar refractivity (Wildman–Crippen MR) is 116 cm³/mol. The van der Waals surface area contributed by atoms with Gasteiger partial charge in [0.15, 0.2) is 0 Å². The molecule has 5 nitrogen and oxygen atoms in total. The molecular formula is C24H24N4O. The first-order valence-corrected chi connectivity index (χ1v) is 9.56. The fraction of sp³-hybridized carbons (Fsp3) is 0.208. The van der Waals surface area contributed by atoms with Crippen LogP contribution in [0.3, 0.4) is 0 Å². The lowest BCUT2D eigenvalue weighted by atomic mass is 10.0. The molecule has 0 aliphatic carbocycles. The van der Waals surface area contributed by atoms with E-state index in [1.54, 1.807) is 12.3 Å². The summed E-state index contributed by atoms with van der Waals surface area (Å²) in [5, 5.41) is 19.5. The first-order valence-electron chi connectivity index (χ1n) is 9.56. The molecule has 2 N–H and O–H groups in total. The van der Waals surface area contributed by atoms with Crippen molar-refractivity contribution in [2.75, 3.05) is 5.32 Å². The number of rotatable bonds is 5. The number of aryl methyl sites for hydroxylation is 4. The number of aromatic amines is 1. The van der Waals surface area contributed by atoms with Gasteiger partial charge in [0.05, 0.1) is 11.9 Å². The van der Waals surface area contributed by atoms with E-state index in [1.807, 2.05) is 51.1 Å². The van der Waals surface area contributed by atoms with Crippen molar-refractivity contribution in [1.82, 2.24) is 10.2 Å². The number of carbonyl (C=O) groups excluding carboxylic acids is 1. The van der Waals surface area contributed by atoms with Gasteiger partial charge in [-0.1, -0.05) is 48.9 Å². The molecule has 0 spiro atoms. The maximum Gasteiger partial charge on any atom is 0.266 e. The van der Waals surface area contributed by atoms with Gasteiger partial charge in [-0.2, -0.15) is 10.4 Å². The molecule has 0 bridgehead atoms. The number of H-pyrrole nitrogens is 1. The lowest BCUT2D eigenvalue weighted by Crippen LogP contribution is -2.15. The lowest BCUT2D eigenvalue weighted by molar-refractivity contribution is -0.112. The summed E-state index contributed by atoms with van der Waals surface area (Å²) in [7, 11) is 0. The molecule has 1 heterocycles. The highest BCUT2D eigenvalue weighted by Crippen LogP contribution is 2.25. The third-order valence-corrected chi connectivity index (χ3v) is 4.90. The smallest absolute Gasteiger partial charge is 0.266 e. The van der Waals surface area contributed by atoms with E-state index in [4.69, 9.17) is 0 Å². The Labute approximate surface area is 171 Å². The Hall–Kier alpha value is -3.65. The van der Waals surface area contributed by atoms with Crippen LogP contribution in [-0.2, 0) is 11.2 Å². The van der Waals surface area contributed by atoms with E-state index in [2.05, 4.69) is 34.6 Å². The number of nitrogens with zero attached hydrogens (tertiary/aromatic N) is 2. The Bertz CT molecular complexity index is 1090. The third-order valence-electron chi connectivity index (χ3n) is 4.90. The Kier molecular flexibility index (Phi) is 5.94. The molecule has 0 aliphatic rings. The quantitative estimate of drug-likeness (QED) is 0.474. The average molecular weight is 384 g/mol. The number of hydrogen-bond donors (Lipinski definition) is 2. The summed E-state index contributed by atoms with van der Waals surface area (Å²) in [6.07, 6.45) is 4.16. The average Bonchev–Trinajstić information content (AvgIpc) is 3.17.